The predicted octanol–water partition coefficient (Wildman–Crippen LogP) is 3.30. The van der Waals surface area contributed by atoms with Crippen molar-refractivity contribution in [3.63, 3.8) is 0 Å². The SMILES string of the molecule is CC(C)(C)OC(=O)n1cccc1NC(C=O)C(C)(C)C. The van der Waals surface area contributed by atoms with Crippen molar-refractivity contribution < 1.29 is 14.3 Å². The molecule has 1 N–H and O–H groups in total. The number of ether oxygens (including phenoxy) is 1. The average molecular weight is 280 g/mol. The zero-order valence-corrected chi connectivity index (χ0v) is 13.1. The molecule has 0 bridgehead atoms. The molecule has 0 saturated carbocycles. The van der Waals surface area contributed by atoms with Gasteiger partial charge in [-0.1, -0.05) is 20.8 Å². The second-order valence-electron chi connectivity index (χ2n) is 6.87. The van der Waals surface area contributed by atoms with Crippen LogP contribution in [-0.4, -0.2) is 28.6 Å². The van der Waals surface area contributed by atoms with E-state index in [-0.39, 0.29) is 5.41 Å². The molecule has 0 amide bonds. The number of hydrogen-bond donors (Lipinski definition) is 1. The van der Waals surface area contributed by atoms with E-state index in [2.05, 4.69) is 5.32 Å². The lowest BCUT2D eigenvalue weighted by Crippen LogP contribution is -2.37. The van der Waals surface area contributed by atoms with Crippen LogP contribution in [0.2, 0.25) is 0 Å². The lowest BCUT2D eigenvalue weighted by molar-refractivity contribution is -0.110. The molecule has 112 valence electrons. The molecule has 1 heterocycles. The molecule has 0 aliphatic heterocycles. The fraction of sp³-hybridized carbons (Fsp3) is 0.600. The highest BCUT2D eigenvalue weighted by Crippen LogP contribution is 2.23. The number of aldehydes is 1. The van der Waals surface area contributed by atoms with Crippen LogP contribution in [0.4, 0.5) is 10.6 Å². The third kappa shape index (κ3) is 4.40. The number of carbonyl (C=O) groups excluding carboxylic acids is 2. The third-order valence-corrected chi connectivity index (χ3v) is 2.71. The second-order valence-corrected chi connectivity index (χ2v) is 6.87. The van der Waals surface area contributed by atoms with Gasteiger partial charge < -0.3 is 14.8 Å². The van der Waals surface area contributed by atoms with E-state index in [9.17, 15) is 9.59 Å². The number of aromatic nitrogens is 1. The summed E-state index contributed by atoms with van der Waals surface area (Å²) in [6.07, 6.45) is 2.00. The largest absolute Gasteiger partial charge is 0.443 e. The lowest BCUT2D eigenvalue weighted by Gasteiger charge is -2.28. The first-order valence-electron chi connectivity index (χ1n) is 6.67. The molecule has 1 unspecified atom stereocenters. The van der Waals surface area contributed by atoms with Gasteiger partial charge in [0.25, 0.3) is 0 Å². The standard InChI is InChI=1S/C15H24N2O3/c1-14(2,3)11(10-18)16-12-8-7-9-17(12)13(19)20-15(4,5)6/h7-11,16H,1-6H3. The Balaban J connectivity index is 2.92. The molecular formula is C15H24N2O3. The molecule has 1 aromatic rings. The van der Waals surface area contributed by atoms with Crippen LogP contribution in [0.25, 0.3) is 0 Å². The summed E-state index contributed by atoms with van der Waals surface area (Å²) in [5.41, 5.74) is -0.808. The van der Waals surface area contributed by atoms with Crippen LogP contribution in [-0.2, 0) is 9.53 Å². The molecule has 1 atom stereocenters. The number of hydrogen-bond acceptors (Lipinski definition) is 4. The first-order chi connectivity index (χ1) is 9.04. The van der Waals surface area contributed by atoms with Gasteiger partial charge in [0.05, 0.1) is 6.04 Å². The number of rotatable bonds is 3. The van der Waals surface area contributed by atoms with Gasteiger partial charge in [-0.2, -0.15) is 0 Å². The summed E-state index contributed by atoms with van der Waals surface area (Å²) in [5, 5.41) is 3.08. The molecule has 20 heavy (non-hydrogen) atoms. The molecule has 0 saturated heterocycles. The number of nitrogens with zero attached hydrogens (tertiary/aromatic N) is 1. The number of anilines is 1. The minimum atomic E-state index is -0.563. The molecule has 0 aliphatic carbocycles. The molecule has 0 radical (unpaired) electrons. The van der Waals surface area contributed by atoms with Gasteiger partial charge in [-0.05, 0) is 38.3 Å². The maximum atomic E-state index is 12.1. The van der Waals surface area contributed by atoms with Gasteiger partial charge in [0.1, 0.15) is 17.7 Å². The summed E-state index contributed by atoms with van der Waals surface area (Å²) < 4.78 is 6.69. The van der Waals surface area contributed by atoms with E-state index in [1.165, 1.54) is 4.57 Å². The van der Waals surface area contributed by atoms with E-state index in [1.807, 2.05) is 41.5 Å². The van der Waals surface area contributed by atoms with Gasteiger partial charge in [-0.15, -0.1) is 0 Å². The molecule has 5 nitrogen and oxygen atoms in total. The molecule has 5 heteroatoms. The molecule has 1 aromatic heterocycles. The summed E-state index contributed by atoms with van der Waals surface area (Å²) in [6, 6.07) is 3.08. The number of carbonyl (C=O) groups is 2. The smallest absolute Gasteiger partial charge is 0.420 e. The maximum absolute atomic E-state index is 12.1. The monoisotopic (exact) mass is 280 g/mol. The van der Waals surface area contributed by atoms with Crippen molar-refractivity contribution in [2.75, 3.05) is 5.32 Å². The topological polar surface area (TPSA) is 60.3 Å². The Bertz CT molecular complexity index is 478. The van der Waals surface area contributed by atoms with Crippen LogP contribution in [0.5, 0.6) is 0 Å². The predicted molar refractivity (Wildman–Crippen MR) is 79.0 cm³/mol. The first kappa shape index (κ1) is 16.3. The van der Waals surface area contributed by atoms with Crippen molar-refractivity contribution in [2.24, 2.45) is 5.41 Å². The molecule has 0 spiro atoms. The Hall–Kier alpha value is -1.78. The Morgan fingerprint density at radius 3 is 2.35 bits per heavy atom. The number of nitrogens with one attached hydrogen (secondary N) is 1. The average Bonchev–Trinajstić information content (AvgIpc) is 2.69. The van der Waals surface area contributed by atoms with E-state index < -0.39 is 17.7 Å². The summed E-state index contributed by atoms with van der Waals surface area (Å²) in [5.74, 6) is 0.547. The Morgan fingerprint density at radius 2 is 1.90 bits per heavy atom. The Labute approximate surface area is 120 Å². The fourth-order valence-corrected chi connectivity index (χ4v) is 1.58. The van der Waals surface area contributed by atoms with Crippen LogP contribution >= 0.6 is 0 Å². The van der Waals surface area contributed by atoms with E-state index in [0.29, 0.717) is 5.82 Å². The zero-order chi connectivity index (χ0) is 15.6. The fourth-order valence-electron chi connectivity index (χ4n) is 1.58. The molecular weight excluding hydrogens is 256 g/mol. The molecule has 0 aromatic carbocycles. The van der Waals surface area contributed by atoms with Gasteiger partial charge in [0.2, 0.25) is 0 Å². The van der Waals surface area contributed by atoms with Gasteiger partial charge in [-0.3, -0.25) is 0 Å². The molecule has 0 aliphatic rings. The van der Waals surface area contributed by atoms with Crippen molar-refractivity contribution in [1.29, 1.82) is 0 Å². The molecule has 1 rings (SSSR count). The van der Waals surface area contributed by atoms with Crippen LogP contribution in [0.3, 0.4) is 0 Å². The minimum absolute atomic E-state index is 0.245. The van der Waals surface area contributed by atoms with E-state index in [1.54, 1.807) is 18.3 Å². The highest BCUT2D eigenvalue weighted by molar-refractivity contribution is 5.77. The van der Waals surface area contributed by atoms with E-state index >= 15 is 0 Å². The highest BCUT2D eigenvalue weighted by Gasteiger charge is 2.26. The summed E-state index contributed by atoms with van der Waals surface area (Å²) in [4.78, 5) is 23.3. The van der Waals surface area contributed by atoms with Gasteiger partial charge in [0.15, 0.2) is 0 Å². The van der Waals surface area contributed by atoms with Gasteiger partial charge in [0, 0.05) is 6.20 Å². The second kappa shape index (κ2) is 5.69. The third-order valence-electron chi connectivity index (χ3n) is 2.71. The summed E-state index contributed by atoms with van der Waals surface area (Å²) in [7, 11) is 0. The Kier molecular flexibility index (Phi) is 4.63. The van der Waals surface area contributed by atoms with Gasteiger partial charge >= 0.3 is 6.09 Å². The van der Waals surface area contributed by atoms with Gasteiger partial charge in [-0.25, -0.2) is 9.36 Å². The first-order valence-corrected chi connectivity index (χ1v) is 6.67. The van der Waals surface area contributed by atoms with Crippen molar-refractivity contribution in [2.45, 2.75) is 53.2 Å². The van der Waals surface area contributed by atoms with E-state index in [4.69, 9.17) is 4.74 Å². The van der Waals surface area contributed by atoms with Crippen LogP contribution in [0.1, 0.15) is 41.5 Å². The minimum Gasteiger partial charge on any atom is -0.443 e. The van der Waals surface area contributed by atoms with Crippen LogP contribution < -0.4 is 5.32 Å². The maximum Gasteiger partial charge on any atom is 0.420 e. The van der Waals surface area contributed by atoms with Crippen LogP contribution in [0.15, 0.2) is 18.3 Å². The van der Waals surface area contributed by atoms with Crippen molar-refractivity contribution >= 4 is 18.2 Å². The van der Waals surface area contributed by atoms with Crippen molar-refractivity contribution in [3.05, 3.63) is 18.3 Å². The van der Waals surface area contributed by atoms with Crippen LogP contribution in [0, 0.1) is 5.41 Å². The highest BCUT2D eigenvalue weighted by atomic mass is 16.6. The normalized spacial score (nSPS) is 13.7. The van der Waals surface area contributed by atoms with Crippen molar-refractivity contribution in [3.8, 4) is 0 Å². The van der Waals surface area contributed by atoms with Crippen molar-refractivity contribution in [1.82, 2.24) is 4.57 Å². The Morgan fingerprint density at radius 1 is 1.30 bits per heavy atom. The lowest BCUT2D eigenvalue weighted by atomic mass is 9.88. The summed E-state index contributed by atoms with van der Waals surface area (Å²) in [6.45, 7) is 11.3. The van der Waals surface area contributed by atoms with E-state index in [0.717, 1.165) is 6.29 Å². The summed E-state index contributed by atoms with van der Waals surface area (Å²) >= 11 is 0. The zero-order valence-electron chi connectivity index (χ0n) is 13.1. The quantitative estimate of drug-likeness (QED) is 0.863. The molecule has 0 fully saturated rings.